The minimum Gasteiger partial charge on any atom is -0.496 e. The Morgan fingerprint density at radius 3 is 2.50 bits per heavy atom. The van der Waals surface area contributed by atoms with Gasteiger partial charge in [0.2, 0.25) is 0 Å². The highest BCUT2D eigenvalue weighted by atomic mass is 35.5. The van der Waals surface area contributed by atoms with E-state index in [2.05, 4.69) is 68.8 Å². The van der Waals surface area contributed by atoms with Crippen LogP contribution in [-0.4, -0.2) is 63.3 Å². The molecule has 1 unspecified atom stereocenters. The molecule has 1 aliphatic heterocycles. The van der Waals surface area contributed by atoms with Gasteiger partial charge in [-0.25, -0.2) is 4.68 Å². The van der Waals surface area contributed by atoms with Crippen LogP contribution in [0.5, 0.6) is 5.75 Å². The van der Waals surface area contributed by atoms with Gasteiger partial charge in [0.05, 0.1) is 19.7 Å². The van der Waals surface area contributed by atoms with Gasteiger partial charge in [-0.15, -0.1) is 28.8 Å². The second-order valence-electron chi connectivity index (χ2n) is 8.54. The molecule has 1 fully saturated rings. The van der Waals surface area contributed by atoms with Crippen LogP contribution in [-0.2, 0) is 13.1 Å². The average molecular weight is 477 g/mol. The molecule has 1 aromatic carbocycles. The monoisotopic (exact) mass is 476 g/mol. The van der Waals surface area contributed by atoms with Crippen molar-refractivity contribution in [1.29, 1.82) is 0 Å². The van der Waals surface area contributed by atoms with Gasteiger partial charge in [0.25, 0.3) is 0 Å². The number of benzene rings is 1. The number of aromatic nitrogens is 4. The van der Waals surface area contributed by atoms with Crippen molar-refractivity contribution >= 4 is 23.7 Å². The third-order valence-electron chi connectivity index (χ3n) is 5.87. The van der Waals surface area contributed by atoms with E-state index in [1.807, 2.05) is 16.8 Å². The fourth-order valence-electron chi connectivity index (χ4n) is 4.28. The number of tetrazole rings is 1. The highest BCUT2D eigenvalue weighted by molar-refractivity contribution is 7.09. The number of ether oxygens (including phenoxy) is 1. The van der Waals surface area contributed by atoms with Crippen molar-refractivity contribution in [2.75, 3.05) is 33.3 Å². The van der Waals surface area contributed by atoms with Crippen LogP contribution in [0.3, 0.4) is 0 Å². The first-order valence-corrected chi connectivity index (χ1v) is 11.9. The highest BCUT2D eigenvalue weighted by Crippen LogP contribution is 2.28. The number of thiophene rings is 1. The van der Waals surface area contributed by atoms with Crippen LogP contribution in [0.1, 0.15) is 42.6 Å². The van der Waals surface area contributed by atoms with Crippen molar-refractivity contribution in [1.82, 2.24) is 30.0 Å². The molecule has 32 heavy (non-hydrogen) atoms. The topological polar surface area (TPSA) is 59.3 Å². The van der Waals surface area contributed by atoms with Crippen molar-refractivity contribution in [2.45, 2.75) is 39.4 Å². The lowest BCUT2D eigenvalue weighted by atomic mass is 10.0. The van der Waals surface area contributed by atoms with Crippen molar-refractivity contribution < 1.29 is 4.74 Å². The molecule has 1 atom stereocenters. The maximum absolute atomic E-state index is 5.53. The molecule has 0 amide bonds. The molecule has 0 saturated carbocycles. The summed E-state index contributed by atoms with van der Waals surface area (Å²) in [6.07, 6.45) is 1.05. The molecule has 7 nitrogen and oxygen atoms in total. The molecule has 0 N–H and O–H groups in total. The molecule has 0 aliphatic carbocycles. The molecule has 0 bridgehead atoms. The molecule has 3 aromatic rings. The fourth-order valence-corrected chi connectivity index (χ4v) is 4.97. The summed E-state index contributed by atoms with van der Waals surface area (Å²) in [5, 5.41) is 14.9. The number of hydrogen-bond donors (Lipinski definition) is 0. The van der Waals surface area contributed by atoms with E-state index >= 15 is 0 Å². The Bertz CT molecular complexity index is 940. The second kappa shape index (κ2) is 11.7. The number of rotatable bonds is 9. The average Bonchev–Trinajstić information content (AvgIpc) is 3.46. The molecule has 174 valence electrons. The molecule has 1 saturated heterocycles. The second-order valence-corrected chi connectivity index (χ2v) is 9.58. The summed E-state index contributed by atoms with van der Waals surface area (Å²) in [4.78, 5) is 6.35. The van der Waals surface area contributed by atoms with Gasteiger partial charge in [-0.2, -0.15) is 0 Å². The van der Waals surface area contributed by atoms with E-state index in [1.54, 1.807) is 18.4 Å². The Kier molecular flexibility index (Phi) is 9.04. The number of hydrogen-bond acceptors (Lipinski definition) is 7. The maximum Gasteiger partial charge on any atom is 0.168 e. The van der Waals surface area contributed by atoms with Crippen LogP contribution in [0.15, 0.2) is 41.8 Å². The normalized spacial score (nSPS) is 16.1. The van der Waals surface area contributed by atoms with Crippen molar-refractivity contribution in [3.05, 3.63) is 58.0 Å². The summed E-state index contributed by atoms with van der Waals surface area (Å²) in [5.74, 6) is 2.53. The summed E-state index contributed by atoms with van der Waals surface area (Å²) < 4.78 is 7.52. The lowest BCUT2D eigenvalue weighted by Crippen LogP contribution is -2.48. The molecule has 9 heteroatoms. The zero-order valence-electron chi connectivity index (χ0n) is 19.1. The number of methoxy groups -OCH3 is 1. The smallest absolute Gasteiger partial charge is 0.168 e. The summed E-state index contributed by atoms with van der Waals surface area (Å²) >= 11 is 1.75. The summed E-state index contributed by atoms with van der Waals surface area (Å²) in [6, 6.07) is 12.8. The van der Waals surface area contributed by atoms with Crippen LogP contribution in [0.2, 0.25) is 0 Å². The van der Waals surface area contributed by atoms with Crippen LogP contribution in [0, 0.1) is 5.92 Å². The first-order valence-electron chi connectivity index (χ1n) is 11.0. The van der Waals surface area contributed by atoms with Crippen LogP contribution < -0.4 is 4.74 Å². The van der Waals surface area contributed by atoms with E-state index in [4.69, 9.17) is 4.74 Å². The van der Waals surface area contributed by atoms with E-state index in [-0.39, 0.29) is 18.4 Å². The van der Waals surface area contributed by atoms with Crippen LogP contribution in [0.25, 0.3) is 0 Å². The number of piperazine rings is 1. The first kappa shape index (κ1) is 24.6. The zero-order chi connectivity index (χ0) is 21.6. The highest BCUT2D eigenvalue weighted by Gasteiger charge is 2.30. The van der Waals surface area contributed by atoms with E-state index in [0.717, 1.165) is 57.3 Å². The van der Waals surface area contributed by atoms with E-state index in [9.17, 15) is 0 Å². The Labute approximate surface area is 200 Å². The predicted molar refractivity (Wildman–Crippen MR) is 131 cm³/mol. The van der Waals surface area contributed by atoms with Gasteiger partial charge in [0, 0.05) is 43.2 Å². The van der Waals surface area contributed by atoms with Gasteiger partial charge in [0.15, 0.2) is 5.82 Å². The molecule has 2 aromatic heterocycles. The zero-order valence-corrected chi connectivity index (χ0v) is 20.7. The molecule has 3 heterocycles. The number of halogens is 1. The van der Waals surface area contributed by atoms with E-state index in [1.165, 1.54) is 10.4 Å². The minimum absolute atomic E-state index is 0. The van der Waals surface area contributed by atoms with Crippen molar-refractivity contribution in [3.8, 4) is 5.75 Å². The van der Waals surface area contributed by atoms with Crippen LogP contribution in [0.4, 0.5) is 0 Å². The van der Waals surface area contributed by atoms with Gasteiger partial charge < -0.3 is 4.74 Å². The van der Waals surface area contributed by atoms with Gasteiger partial charge in [-0.05, 0) is 40.3 Å². The third-order valence-corrected chi connectivity index (χ3v) is 6.73. The SMILES string of the molecule is COc1ccccc1CN1CCN(C(CC(C)C)c2nnnn2Cc2cccs2)CC1.Cl. The Hall–Kier alpha value is -2.00. The molecule has 4 rings (SSSR count). The molecule has 0 spiro atoms. The summed E-state index contributed by atoms with van der Waals surface area (Å²) in [5.41, 5.74) is 1.25. The maximum atomic E-state index is 5.53. The van der Waals surface area contributed by atoms with Gasteiger partial charge in [0.1, 0.15) is 5.75 Å². The molecular weight excluding hydrogens is 444 g/mol. The lowest BCUT2D eigenvalue weighted by molar-refractivity contribution is 0.0766. The Morgan fingerprint density at radius 1 is 1.03 bits per heavy atom. The first-order chi connectivity index (χ1) is 15.1. The minimum atomic E-state index is 0. The summed E-state index contributed by atoms with van der Waals surface area (Å²) in [7, 11) is 1.74. The fraction of sp³-hybridized carbons (Fsp3) is 0.522. The van der Waals surface area contributed by atoms with Gasteiger partial charge >= 0.3 is 0 Å². The molecule has 0 radical (unpaired) electrons. The molecular formula is C23H33ClN6OS. The van der Waals surface area contributed by atoms with Gasteiger partial charge in [-0.1, -0.05) is 38.1 Å². The van der Waals surface area contributed by atoms with Crippen molar-refractivity contribution in [3.63, 3.8) is 0 Å². The number of nitrogens with zero attached hydrogens (tertiary/aromatic N) is 6. The largest absolute Gasteiger partial charge is 0.496 e. The number of para-hydroxylation sites is 1. The van der Waals surface area contributed by atoms with Gasteiger partial charge in [-0.3, -0.25) is 9.80 Å². The van der Waals surface area contributed by atoms with E-state index in [0.29, 0.717) is 5.92 Å². The third kappa shape index (κ3) is 6.07. The predicted octanol–water partition coefficient (Wildman–Crippen LogP) is 4.12. The molecule has 1 aliphatic rings. The van der Waals surface area contributed by atoms with Crippen LogP contribution >= 0.6 is 23.7 Å². The lowest BCUT2D eigenvalue weighted by Gasteiger charge is -2.39. The Balaban J connectivity index is 0.00000289. The van der Waals surface area contributed by atoms with E-state index < -0.39 is 0 Å². The summed E-state index contributed by atoms with van der Waals surface area (Å²) in [6.45, 7) is 10.3. The quantitative estimate of drug-likeness (QED) is 0.463. The van der Waals surface area contributed by atoms with Crippen molar-refractivity contribution in [2.24, 2.45) is 5.92 Å². The standard InChI is InChI=1S/C23H32N6OS.ClH/c1-18(2)15-21(23-24-25-26-29(23)17-20-8-6-14-31-20)28-12-10-27(11-13-28)16-19-7-4-5-9-22(19)30-3;/h4-9,14,18,21H,10-13,15-17H2,1-3H3;1H. The Morgan fingerprint density at radius 2 is 1.81 bits per heavy atom.